The fourth-order valence-electron chi connectivity index (χ4n) is 2.73. The van der Waals surface area contributed by atoms with E-state index in [9.17, 15) is 9.59 Å². The van der Waals surface area contributed by atoms with Gasteiger partial charge >= 0.3 is 0 Å². The van der Waals surface area contributed by atoms with E-state index in [-0.39, 0.29) is 24.2 Å². The number of rotatable bonds is 5. The van der Waals surface area contributed by atoms with Crippen molar-refractivity contribution in [1.29, 1.82) is 0 Å². The Kier molecular flexibility index (Phi) is 4.41. The van der Waals surface area contributed by atoms with Gasteiger partial charge in [0, 0.05) is 44.1 Å². The van der Waals surface area contributed by atoms with Gasteiger partial charge in [-0.3, -0.25) is 9.59 Å². The van der Waals surface area contributed by atoms with E-state index in [1.165, 1.54) is 0 Å². The van der Waals surface area contributed by atoms with Gasteiger partial charge in [0.1, 0.15) is 0 Å². The minimum absolute atomic E-state index is 0.00335. The zero-order chi connectivity index (χ0) is 16.2. The number of hydrogen-bond acceptors (Lipinski definition) is 3. The number of carbonyl (C=O) groups excluding carboxylic acids is 2. The van der Waals surface area contributed by atoms with Crippen molar-refractivity contribution in [2.75, 3.05) is 18.0 Å². The van der Waals surface area contributed by atoms with Crippen molar-refractivity contribution in [2.24, 2.45) is 5.92 Å². The standard InChI is InChI=1S/C17H20N4O2/c1-13-2-4-15(5-3-13)21-11-14(10-16(21)22)17(23)19-7-9-20-8-6-18-12-20/h2-6,8,12,14H,7,9-11H2,1H3,(H,19,23). The van der Waals surface area contributed by atoms with E-state index in [2.05, 4.69) is 10.3 Å². The Bertz CT molecular complexity index is 679. The predicted molar refractivity (Wildman–Crippen MR) is 86.9 cm³/mol. The maximum absolute atomic E-state index is 12.2. The van der Waals surface area contributed by atoms with Crippen LogP contribution in [0.15, 0.2) is 43.0 Å². The molecule has 1 fully saturated rings. The maximum Gasteiger partial charge on any atom is 0.227 e. The van der Waals surface area contributed by atoms with Crippen LogP contribution in [0.3, 0.4) is 0 Å². The second-order valence-electron chi connectivity index (χ2n) is 5.83. The summed E-state index contributed by atoms with van der Waals surface area (Å²) in [6, 6.07) is 7.79. The van der Waals surface area contributed by atoms with Crippen LogP contribution in [0.5, 0.6) is 0 Å². The first-order valence-corrected chi connectivity index (χ1v) is 7.74. The Morgan fingerprint density at radius 3 is 2.83 bits per heavy atom. The van der Waals surface area contributed by atoms with Gasteiger partial charge in [0.25, 0.3) is 0 Å². The number of anilines is 1. The summed E-state index contributed by atoms with van der Waals surface area (Å²) in [6.07, 6.45) is 5.54. The summed E-state index contributed by atoms with van der Waals surface area (Å²) in [7, 11) is 0. The second kappa shape index (κ2) is 6.64. The smallest absolute Gasteiger partial charge is 0.227 e. The van der Waals surface area contributed by atoms with Gasteiger partial charge in [-0.15, -0.1) is 0 Å². The number of hydrogen-bond donors (Lipinski definition) is 1. The minimum Gasteiger partial charge on any atom is -0.354 e. The number of imidazole rings is 1. The molecule has 1 aliphatic heterocycles. The lowest BCUT2D eigenvalue weighted by Crippen LogP contribution is -2.34. The summed E-state index contributed by atoms with van der Waals surface area (Å²) < 4.78 is 1.90. The molecule has 2 amide bonds. The van der Waals surface area contributed by atoms with Crippen LogP contribution in [0.4, 0.5) is 5.69 Å². The monoisotopic (exact) mass is 312 g/mol. The van der Waals surface area contributed by atoms with Crippen molar-refractivity contribution in [3.8, 4) is 0 Å². The summed E-state index contributed by atoms with van der Waals surface area (Å²) in [5, 5.41) is 2.90. The average molecular weight is 312 g/mol. The summed E-state index contributed by atoms with van der Waals surface area (Å²) in [5.41, 5.74) is 2.00. The number of amides is 2. The third-order valence-electron chi connectivity index (χ3n) is 4.07. The van der Waals surface area contributed by atoms with E-state index in [1.54, 1.807) is 17.4 Å². The number of nitrogens with zero attached hydrogens (tertiary/aromatic N) is 3. The van der Waals surface area contributed by atoms with E-state index in [4.69, 9.17) is 0 Å². The van der Waals surface area contributed by atoms with E-state index >= 15 is 0 Å². The molecule has 1 atom stereocenters. The van der Waals surface area contributed by atoms with Crippen LogP contribution in [0, 0.1) is 12.8 Å². The summed E-state index contributed by atoms with van der Waals surface area (Å²) in [6.45, 7) is 3.66. The lowest BCUT2D eigenvalue weighted by Gasteiger charge is -2.17. The van der Waals surface area contributed by atoms with Crippen LogP contribution < -0.4 is 10.2 Å². The first-order chi connectivity index (χ1) is 11.1. The Balaban J connectivity index is 1.54. The molecular formula is C17H20N4O2. The van der Waals surface area contributed by atoms with Crippen molar-refractivity contribution in [2.45, 2.75) is 19.9 Å². The quantitative estimate of drug-likeness (QED) is 0.906. The molecule has 0 radical (unpaired) electrons. The lowest BCUT2D eigenvalue weighted by molar-refractivity contribution is -0.126. The van der Waals surface area contributed by atoms with Gasteiger partial charge in [0.05, 0.1) is 12.2 Å². The molecule has 0 aliphatic carbocycles. The van der Waals surface area contributed by atoms with E-state index in [0.29, 0.717) is 19.6 Å². The molecule has 0 saturated carbocycles. The van der Waals surface area contributed by atoms with Crippen LogP contribution in [0.2, 0.25) is 0 Å². The summed E-state index contributed by atoms with van der Waals surface area (Å²) in [4.78, 5) is 30.1. The number of carbonyl (C=O) groups is 2. The number of benzene rings is 1. The van der Waals surface area contributed by atoms with Crippen molar-refractivity contribution < 1.29 is 9.59 Å². The van der Waals surface area contributed by atoms with Gasteiger partial charge < -0.3 is 14.8 Å². The van der Waals surface area contributed by atoms with Crippen molar-refractivity contribution in [3.63, 3.8) is 0 Å². The minimum atomic E-state index is -0.286. The lowest BCUT2D eigenvalue weighted by atomic mass is 10.1. The average Bonchev–Trinajstić information content (AvgIpc) is 3.18. The predicted octanol–water partition coefficient (Wildman–Crippen LogP) is 1.36. The molecule has 1 aromatic carbocycles. The maximum atomic E-state index is 12.2. The molecule has 0 bridgehead atoms. The molecular weight excluding hydrogens is 292 g/mol. The molecule has 6 heteroatoms. The third kappa shape index (κ3) is 3.59. The van der Waals surface area contributed by atoms with Crippen molar-refractivity contribution in [1.82, 2.24) is 14.9 Å². The normalized spacial score (nSPS) is 17.5. The fraction of sp³-hybridized carbons (Fsp3) is 0.353. The Morgan fingerprint density at radius 1 is 1.35 bits per heavy atom. The molecule has 2 heterocycles. The Morgan fingerprint density at radius 2 is 2.13 bits per heavy atom. The first-order valence-electron chi connectivity index (χ1n) is 7.74. The Labute approximate surface area is 135 Å². The molecule has 3 rings (SSSR count). The van der Waals surface area contributed by atoms with Crippen LogP contribution in [-0.2, 0) is 16.1 Å². The van der Waals surface area contributed by atoms with Crippen LogP contribution in [-0.4, -0.2) is 34.5 Å². The van der Waals surface area contributed by atoms with Gasteiger partial charge in [-0.2, -0.15) is 0 Å². The molecule has 2 aromatic rings. The number of aromatic nitrogens is 2. The first kappa shape index (κ1) is 15.3. The fourth-order valence-corrected chi connectivity index (χ4v) is 2.73. The zero-order valence-electron chi connectivity index (χ0n) is 13.1. The molecule has 1 saturated heterocycles. The number of aryl methyl sites for hydroxylation is 1. The van der Waals surface area contributed by atoms with Crippen LogP contribution in [0.25, 0.3) is 0 Å². The topological polar surface area (TPSA) is 67.2 Å². The van der Waals surface area contributed by atoms with Gasteiger partial charge in [-0.05, 0) is 19.1 Å². The van der Waals surface area contributed by atoms with E-state index < -0.39 is 0 Å². The summed E-state index contributed by atoms with van der Waals surface area (Å²) >= 11 is 0. The van der Waals surface area contributed by atoms with E-state index in [0.717, 1.165) is 11.3 Å². The molecule has 6 nitrogen and oxygen atoms in total. The molecule has 1 unspecified atom stereocenters. The highest BCUT2D eigenvalue weighted by Crippen LogP contribution is 2.25. The van der Waals surface area contributed by atoms with Gasteiger partial charge in [-0.25, -0.2) is 4.98 Å². The largest absolute Gasteiger partial charge is 0.354 e. The molecule has 23 heavy (non-hydrogen) atoms. The van der Waals surface area contributed by atoms with E-state index in [1.807, 2.05) is 42.0 Å². The molecule has 0 spiro atoms. The number of nitrogens with one attached hydrogen (secondary N) is 1. The van der Waals surface area contributed by atoms with Crippen LogP contribution >= 0.6 is 0 Å². The molecule has 1 aliphatic rings. The molecule has 1 aromatic heterocycles. The zero-order valence-corrected chi connectivity index (χ0v) is 13.1. The molecule has 120 valence electrons. The third-order valence-corrected chi connectivity index (χ3v) is 4.07. The van der Waals surface area contributed by atoms with Gasteiger partial charge in [0.15, 0.2) is 0 Å². The van der Waals surface area contributed by atoms with Crippen LogP contribution in [0.1, 0.15) is 12.0 Å². The SMILES string of the molecule is Cc1ccc(N2CC(C(=O)NCCn3ccnc3)CC2=O)cc1. The summed E-state index contributed by atoms with van der Waals surface area (Å²) in [5.74, 6) is -0.344. The van der Waals surface area contributed by atoms with Crippen molar-refractivity contribution in [3.05, 3.63) is 48.5 Å². The highest BCUT2D eigenvalue weighted by molar-refractivity contribution is 6.00. The second-order valence-corrected chi connectivity index (χ2v) is 5.83. The van der Waals surface area contributed by atoms with Crippen molar-refractivity contribution >= 4 is 17.5 Å². The molecule has 1 N–H and O–H groups in total. The van der Waals surface area contributed by atoms with Gasteiger partial charge in [0.2, 0.25) is 11.8 Å². The van der Waals surface area contributed by atoms with Gasteiger partial charge in [-0.1, -0.05) is 17.7 Å². The highest BCUT2D eigenvalue weighted by atomic mass is 16.2. The highest BCUT2D eigenvalue weighted by Gasteiger charge is 2.34. The Hall–Kier alpha value is -2.63.